The van der Waals surface area contributed by atoms with Gasteiger partial charge in [-0.2, -0.15) is 0 Å². The van der Waals surface area contributed by atoms with E-state index < -0.39 is 11.6 Å². The van der Waals surface area contributed by atoms with Gasteiger partial charge in [0.05, 0.1) is 0 Å². The molecule has 3 N–H and O–H groups in total. The summed E-state index contributed by atoms with van der Waals surface area (Å²) in [7, 11) is 0. The van der Waals surface area contributed by atoms with Crippen LogP contribution in [0.3, 0.4) is 0 Å². The van der Waals surface area contributed by atoms with Gasteiger partial charge in [-0.05, 0) is 43.6 Å². The van der Waals surface area contributed by atoms with Crippen LogP contribution in [-0.4, -0.2) is 13.1 Å². The monoisotopic (exact) mass is 214 g/mol. The summed E-state index contributed by atoms with van der Waals surface area (Å²) in [5, 5.41) is 3.14. The molecule has 0 radical (unpaired) electrons. The van der Waals surface area contributed by atoms with Crippen molar-refractivity contribution in [3.05, 3.63) is 35.4 Å². The average molecular weight is 214 g/mol. The minimum absolute atomic E-state index is 0.557. The normalized spacial score (nSPS) is 10.6. The third-order valence-corrected chi connectivity index (χ3v) is 2.12. The van der Waals surface area contributed by atoms with Crippen molar-refractivity contribution in [3.8, 4) is 0 Å². The molecule has 0 fully saturated rings. The highest BCUT2D eigenvalue weighted by atomic mass is 19.2. The van der Waals surface area contributed by atoms with E-state index in [0.29, 0.717) is 13.1 Å². The van der Waals surface area contributed by atoms with Crippen LogP contribution in [0, 0.1) is 11.6 Å². The third-order valence-electron chi connectivity index (χ3n) is 2.12. The third kappa shape index (κ3) is 4.36. The van der Waals surface area contributed by atoms with E-state index in [-0.39, 0.29) is 0 Å². The number of rotatable bonds is 6. The Balaban J connectivity index is 2.28. The van der Waals surface area contributed by atoms with Gasteiger partial charge in [-0.15, -0.1) is 0 Å². The number of nitrogens with one attached hydrogen (secondary N) is 1. The molecule has 84 valence electrons. The molecule has 15 heavy (non-hydrogen) atoms. The summed E-state index contributed by atoms with van der Waals surface area (Å²) in [4.78, 5) is 0. The smallest absolute Gasteiger partial charge is 0.159 e. The second-order valence-corrected chi connectivity index (χ2v) is 3.42. The van der Waals surface area contributed by atoms with Gasteiger partial charge < -0.3 is 11.1 Å². The Morgan fingerprint density at radius 3 is 2.60 bits per heavy atom. The number of hydrogen-bond acceptors (Lipinski definition) is 2. The lowest BCUT2D eigenvalue weighted by Crippen LogP contribution is -2.16. The van der Waals surface area contributed by atoms with E-state index in [1.807, 2.05) is 0 Å². The van der Waals surface area contributed by atoms with Crippen LogP contribution in [0.15, 0.2) is 18.2 Å². The van der Waals surface area contributed by atoms with Crippen LogP contribution in [-0.2, 0) is 6.54 Å². The zero-order valence-corrected chi connectivity index (χ0v) is 8.60. The van der Waals surface area contributed by atoms with Crippen LogP contribution >= 0.6 is 0 Å². The van der Waals surface area contributed by atoms with E-state index in [2.05, 4.69) is 5.32 Å². The van der Waals surface area contributed by atoms with Gasteiger partial charge in [0, 0.05) is 6.54 Å². The lowest BCUT2D eigenvalue weighted by molar-refractivity contribution is 0.505. The highest BCUT2D eigenvalue weighted by Crippen LogP contribution is 2.08. The van der Waals surface area contributed by atoms with Crippen molar-refractivity contribution in [1.29, 1.82) is 0 Å². The van der Waals surface area contributed by atoms with E-state index in [4.69, 9.17) is 5.73 Å². The summed E-state index contributed by atoms with van der Waals surface area (Å²) in [6.07, 6.45) is 1.98. The summed E-state index contributed by atoms with van der Waals surface area (Å²) in [6, 6.07) is 3.94. The largest absolute Gasteiger partial charge is 0.330 e. The van der Waals surface area contributed by atoms with E-state index in [1.54, 1.807) is 6.07 Å². The molecule has 0 aliphatic heterocycles. The maximum absolute atomic E-state index is 12.8. The van der Waals surface area contributed by atoms with Gasteiger partial charge in [-0.25, -0.2) is 8.78 Å². The van der Waals surface area contributed by atoms with Crippen molar-refractivity contribution >= 4 is 0 Å². The molecule has 0 spiro atoms. The second-order valence-electron chi connectivity index (χ2n) is 3.42. The van der Waals surface area contributed by atoms with Crippen LogP contribution in [0.25, 0.3) is 0 Å². The Kier molecular flexibility index (Phi) is 5.21. The number of halogens is 2. The highest BCUT2D eigenvalue weighted by molar-refractivity contribution is 5.17. The van der Waals surface area contributed by atoms with Crippen molar-refractivity contribution in [2.24, 2.45) is 5.73 Å². The minimum Gasteiger partial charge on any atom is -0.330 e. The molecule has 2 nitrogen and oxygen atoms in total. The van der Waals surface area contributed by atoms with Gasteiger partial charge in [0.15, 0.2) is 11.6 Å². The summed E-state index contributed by atoms with van der Waals surface area (Å²) < 4.78 is 25.4. The van der Waals surface area contributed by atoms with Gasteiger partial charge in [-0.3, -0.25) is 0 Å². The van der Waals surface area contributed by atoms with Gasteiger partial charge in [0.1, 0.15) is 0 Å². The molecule has 1 rings (SSSR count). The van der Waals surface area contributed by atoms with Gasteiger partial charge in [-0.1, -0.05) is 6.07 Å². The molecule has 0 amide bonds. The van der Waals surface area contributed by atoms with Gasteiger partial charge in [0.2, 0.25) is 0 Å². The van der Waals surface area contributed by atoms with Crippen LogP contribution in [0.4, 0.5) is 8.78 Å². The van der Waals surface area contributed by atoms with E-state index in [0.717, 1.165) is 31.0 Å². The van der Waals surface area contributed by atoms with Crippen LogP contribution in [0.5, 0.6) is 0 Å². The van der Waals surface area contributed by atoms with E-state index >= 15 is 0 Å². The van der Waals surface area contributed by atoms with E-state index in [1.165, 1.54) is 6.07 Å². The Morgan fingerprint density at radius 2 is 1.93 bits per heavy atom. The quantitative estimate of drug-likeness (QED) is 0.708. The molecule has 0 atom stereocenters. The lowest BCUT2D eigenvalue weighted by Gasteiger charge is -2.04. The fourth-order valence-electron chi connectivity index (χ4n) is 1.28. The topological polar surface area (TPSA) is 38.0 Å². The molecule has 1 aromatic rings. The number of hydrogen-bond donors (Lipinski definition) is 2. The number of benzene rings is 1. The molecule has 0 aromatic heterocycles. The summed E-state index contributed by atoms with van der Waals surface area (Å²) >= 11 is 0. The molecule has 0 aliphatic carbocycles. The van der Waals surface area contributed by atoms with Gasteiger partial charge in [0.25, 0.3) is 0 Å². The summed E-state index contributed by atoms with van der Waals surface area (Å²) in [5.41, 5.74) is 6.09. The van der Waals surface area contributed by atoms with Crippen LogP contribution in [0.1, 0.15) is 18.4 Å². The first-order valence-electron chi connectivity index (χ1n) is 5.08. The summed E-state index contributed by atoms with van der Waals surface area (Å²) in [6.45, 7) is 2.09. The zero-order valence-electron chi connectivity index (χ0n) is 8.60. The highest BCUT2D eigenvalue weighted by Gasteiger charge is 2.01. The molecule has 1 aromatic carbocycles. The molecule has 0 unspecified atom stereocenters. The Hall–Kier alpha value is -1.00. The molecule has 0 saturated carbocycles. The fraction of sp³-hybridized carbons (Fsp3) is 0.455. The van der Waals surface area contributed by atoms with Gasteiger partial charge >= 0.3 is 0 Å². The summed E-state index contributed by atoms with van der Waals surface area (Å²) in [5.74, 6) is -1.60. The maximum atomic E-state index is 12.8. The Labute approximate surface area is 88.5 Å². The number of nitrogens with two attached hydrogens (primary N) is 1. The first-order valence-corrected chi connectivity index (χ1v) is 5.08. The van der Waals surface area contributed by atoms with Crippen molar-refractivity contribution in [2.45, 2.75) is 19.4 Å². The second kappa shape index (κ2) is 6.48. The van der Waals surface area contributed by atoms with Crippen molar-refractivity contribution in [3.63, 3.8) is 0 Å². The van der Waals surface area contributed by atoms with Crippen molar-refractivity contribution < 1.29 is 8.78 Å². The number of unbranched alkanes of at least 4 members (excludes halogenated alkanes) is 1. The Morgan fingerprint density at radius 1 is 1.13 bits per heavy atom. The molecular weight excluding hydrogens is 198 g/mol. The van der Waals surface area contributed by atoms with E-state index in [9.17, 15) is 8.78 Å². The molecule has 0 saturated heterocycles. The standard InChI is InChI=1S/C11H16F2N2/c12-10-4-3-9(7-11(10)13)8-15-6-2-1-5-14/h3-4,7,15H,1-2,5-6,8,14H2. The van der Waals surface area contributed by atoms with Crippen molar-refractivity contribution in [1.82, 2.24) is 5.32 Å². The molecular formula is C11H16F2N2. The zero-order chi connectivity index (χ0) is 11.1. The lowest BCUT2D eigenvalue weighted by atomic mass is 10.2. The molecule has 0 heterocycles. The Bertz CT molecular complexity index is 303. The minimum atomic E-state index is -0.804. The SMILES string of the molecule is NCCCCNCc1ccc(F)c(F)c1. The van der Waals surface area contributed by atoms with Crippen LogP contribution < -0.4 is 11.1 Å². The first kappa shape index (κ1) is 12.1. The predicted octanol–water partition coefficient (Wildman–Crippen LogP) is 1.79. The molecule has 0 aliphatic rings. The van der Waals surface area contributed by atoms with Crippen molar-refractivity contribution in [2.75, 3.05) is 13.1 Å². The first-order chi connectivity index (χ1) is 7.24. The molecule has 4 heteroatoms. The predicted molar refractivity (Wildman–Crippen MR) is 56.4 cm³/mol. The average Bonchev–Trinajstić information content (AvgIpc) is 2.23. The maximum Gasteiger partial charge on any atom is 0.159 e. The fourth-order valence-corrected chi connectivity index (χ4v) is 1.28. The van der Waals surface area contributed by atoms with Crippen LogP contribution in [0.2, 0.25) is 0 Å². The molecule has 0 bridgehead atoms.